The average molecular weight is 591 g/mol. The molecule has 0 amide bonds. The van der Waals surface area contributed by atoms with E-state index in [0.717, 1.165) is 50.1 Å². The molecule has 0 saturated carbocycles. The van der Waals surface area contributed by atoms with Crippen LogP contribution in [-0.4, -0.2) is 25.3 Å². The molecule has 0 fully saturated rings. The molecule has 43 heavy (non-hydrogen) atoms. The van der Waals surface area contributed by atoms with Crippen molar-refractivity contribution in [1.82, 2.24) is 0 Å². The molecule has 0 spiro atoms. The second-order valence-corrected chi connectivity index (χ2v) is 10.3. The molecule has 4 rings (SSSR count). The molecule has 0 aromatic heterocycles. The van der Waals surface area contributed by atoms with Gasteiger partial charge in [-0.1, -0.05) is 49.2 Å². The minimum Gasteiger partial charge on any atom is -0.462 e. The minimum absolute atomic E-state index is 0.148. The van der Waals surface area contributed by atoms with Crippen LogP contribution in [0.15, 0.2) is 132 Å². The van der Waals surface area contributed by atoms with Crippen molar-refractivity contribution in [3.63, 3.8) is 0 Å². The van der Waals surface area contributed by atoms with Crippen LogP contribution in [0.25, 0.3) is 0 Å². The Kier molecular flexibility index (Phi) is 11.3. The van der Waals surface area contributed by atoms with Gasteiger partial charge in [-0.15, -0.1) is 0 Å². The van der Waals surface area contributed by atoms with Crippen LogP contribution in [0.5, 0.6) is 0 Å². The lowest BCUT2D eigenvalue weighted by atomic mass is 10.1. The summed E-state index contributed by atoms with van der Waals surface area (Å²) in [6, 6.07) is 34.0. The Morgan fingerprint density at radius 2 is 1.21 bits per heavy atom. The number of hydrogen-bond donors (Lipinski definition) is 0. The zero-order valence-electron chi connectivity index (χ0n) is 23.5. The SMILES string of the molecule is C=CC(=O)OCCc1ccc(N(c2ccc(COCOC(=O)C=C)cc2)c2ccc(Sc3ccc(C#N)cc3)cc2)cc1. The Morgan fingerprint density at radius 3 is 1.74 bits per heavy atom. The maximum Gasteiger partial charge on any atom is 0.332 e. The van der Waals surface area contributed by atoms with Gasteiger partial charge in [-0.05, 0) is 83.9 Å². The van der Waals surface area contributed by atoms with E-state index in [1.54, 1.807) is 11.8 Å². The summed E-state index contributed by atoms with van der Waals surface area (Å²) in [4.78, 5) is 26.8. The van der Waals surface area contributed by atoms with Gasteiger partial charge in [0.15, 0.2) is 6.79 Å². The Labute approximate surface area is 255 Å². The lowest BCUT2D eigenvalue weighted by molar-refractivity contribution is -0.151. The summed E-state index contributed by atoms with van der Waals surface area (Å²) in [5, 5.41) is 9.05. The molecule has 216 valence electrons. The van der Waals surface area contributed by atoms with E-state index in [1.165, 1.54) is 0 Å². The topological polar surface area (TPSA) is 88.9 Å². The lowest BCUT2D eigenvalue weighted by Crippen LogP contribution is -2.10. The highest BCUT2D eigenvalue weighted by molar-refractivity contribution is 7.99. The molecule has 0 heterocycles. The van der Waals surface area contributed by atoms with E-state index in [-0.39, 0.29) is 20.0 Å². The van der Waals surface area contributed by atoms with Crippen LogP contribution < -0.4 is 4.90 Å². The molecule has 0 N–H and O–H groups in total. The number of rotatable bonds is 14. The third kappa shape index (κ3) is 9.20. The number of carbonyl (C=O) groups is 2. The Hall–Kier alpha value is -5.10. The summed E-state index contributed by atoms with van der Waals surface area (Å²) < 4.78 is 15.4. The number of nitrogens with zero attached hydrogens (tertiary/aromatic N) is 2. The summed E-state index contributed by atoms with van der Waals surface area (Å²) in [7, 11) is 0. The smallest absolute Gasteiger partial charge is 0.332 e. The van der Waals surface area contributed by atoms with Crippen molar-refractivity contribution in [2.45, 2.75) is 22.8 Å². The van der Waals surface area contributed by atoms with Crippen molar-refractivity contribution in [3.8, 4) is 6.07 Å². The van der Waals surface area contributed by atoms with E-state index in [1.807, 2.05) is 72.8 Å². The van der Waals surface area contributed by atoms with Gasteiger partial charge in [-0.3, -0.25) is 0 Å². The fraction of sp³-hybridized carbons (Fsp3) is 0.114. The predicted molar refractivity (Wildman–Crippen MR) is 167 cm³/mol. The molecular weight excluding hydrogens is 560 g/mol. The number of carbonyl (C=O) groups excluding carboxylic acids is 2. The molecule has 4 aromatic rings. The Balaban J connectivity index is 1.53. The number of nitriles is 1. The minimum atomic E-state index is -0.531. The van der Waals surface area contributed by atoms with Gasteiger partial charge in [0.05, 0.1) is 24.8 Å². The van der Waals surface area contributed by atoms with Crippen LogP contribution in [0.1, 0.15) is 16.7 Å². The van der Waals surface area contributed by atoms with Crippen LogP contribution in [0.4, 0.5) is 17.1 Å². The fourth-order valence-electron chi connectivity index (χ4n) is 4.04. The van der Waals surface area contributed by atoms with Crippen molar-refractivity contribution in [2.24, 2.45) is 0 Å². The van der Waals surface area contributed by atoms with Gasteiger partial charge in [0, 0.05) is 45.4 Å². The van der Waals surface area contributed by atoms with Gasteiger partial charge in [0.2, 0.25) is 0 Å². The Bertz CT molecular complexity index is 1580. The van der Waals surface area contributed by atoms with Crippen molar-refractivity contribution in [3.05, 3.63) is 139 Å². The van der Waals surface area contributed by atoms with Gasteiger partial charge in [-0.25, -0.2) is 9.59 Å². The Morgan fingerprint density at radius 1 is 0.721 bits per heavy atom. The van der Waals surface area contributed by atoms with Crippen LogP contribution >= 0.6 is 11.8 Å². The van der Waals surface area contributed by atoms with Gasteiger partial charge in [0.25, 0.3) is 0 Å². The first-order valence-electron chi connectivity index (χ1n) is 13.4. The molecule has 8 heteroatoms. The maximum atomic E-state index is 11.4. The zero-order chi connectivity index (χ0) is 30.4. The summed E-state index contributed by atoms with van der Waals surface area (Å²) in [5.74, 6) is -0.966. The summed E-state index contributed by atoms with van der Waals surface area (Å²) >= 11 is 1.63. The monoisotopic (exact) mass is 590 g/mol. The van der Waals surface area contributed by atoms with Crippen LogP contribution in [0.2, 0.25) is 0 Å². The standard InChI is InChI=1S/C35H30N2O5S/c1-3-34(38)41-22-21-26-5-11-29(12-6-26)37(30-13-7-28(8-14-30)24-40-25-42-35(39)4-2)31-15-19-33(20-16-31)43-32-17-9-27(23-36)10-18-32/h3-20H,1-2,21-22,24-25H2. The normalized spacial score (nSPS) is 10.3. The molecule has 4 aromatic carbocycles. The third-order valence-corrected chi connectivity index (χ3v) is 7.24. The first kappa shape index (κ1) is 30.8. The van der Waals surface area contributed by atoms with Crippen molar-refractivity contribution < 1.29 is 23.8 Å². The number of esters is 2. The van der Waals surface area contributed by atoms with E-state index in [2.05, 4.69) is 48.4 Å². The predicted octanol–water partition coefficient (Wildman–Crippen LogP) is 7.65. The van der Waals surface area contributed by atoms with Gasteiger partial charge < -0.3 is 19.1 Å². The number of anilines is 3. The van der Waals surface area contributed by atoms with Crippen LogP contribution in [-0.2, 0) is 36.8 Å². The second kappa shape index (κ2) is 15.8. The average Bonchev–Trinajstić information content (AvgIpc) is 3.05. The van der Waals surface area contributed by atoms with E-state index < -0.39 is 11.9 Å². The fourth-order valence-corrected chi connectivity index (χ4v) is 4.86. The second-order valence-electron chi connectivity index (χ2n) is 9.16. The van der Waals surface area contributed by atoms with E-state index in [0.29, 0.717) is 12.0 Å². The highest BCUT2D eigenvalue weighted by atomic mass is 32.2. The van der Waals surface area contributed by atoms with E-state index in [9.17, 15) is 9.59 Å². The number of hydrogen-bond acceptors (Lipinski definition) is 8. The van der Waals surface area contributed by atoms with Crippen LogP contribution in [0.3, 0.4) is 0 Å². The highest BCUT2D eigenvalue weighted by Gasteiger charge is 2.13. The quantitative estimate of drug-likeness (QED) is 0.0640. The summed E-state index contributed by atoms with van der Waals surface area (Å²) in [6.45, 7) is 7.21. The van der Waals surface area contributed by atoms with Gasteiger partial charge >= 0.3 is 11.9 Å². The lowest BCUT2D eigenvalue weighted by Gasteiger charge is -2.26. The van der Waals surface area contributed by atoms with E-state index in [4.69, 9.17) is 19.5 Å². The number of benzene rings is 4. The summed E-state index contributed by atoms with van der Waals surface area (Å²) in [6.07, 6.45) is 2.84. The molecule has 0 aliphatic heterocycles. The number of ether oxygens (including phenoxy) is 3. The molecule has 0 radical (unpaired) electrons. The van der Waals surface area contributed by atoms with Crippen molar-refractivity contribution in [1.29, 1.82) is 5.26 Å². The van der Waals surface area contributed by atoms with Crippen LogP contribution in [0, 0.1) is 11.3 Å². The molecule has 0 saturated heterocycles. The summed E-state index contributed by atoms with van der Waals surface area (Å²) in [5.41, 5.74) is 5.48. The largest absolute Gasteiger partial charge is 0.462 e. The highest BCUT2D eigenvalue weighted by Crippen LogP contribution is 2.37. The first-order valence-corrected chi connectivity index (χ1v) is 14.2. The molecule has 0 bridgehead atoms. The van der Waals surface area contributed by atoms with Crippen molar-refractivity contribution >= 4 is 40.8 Å². The molecule has 0 aliphatic rings. The first-order chi connectivity index (χ1) is 21.0. The molecule has 7 nitrogen and oxygen atoms in total. The van der Waals surface area contributed by atoms with Gasteiger partial charge in [0.1, 0.15) is 0 Å². The molecular formula is C35H30N2O5S. The zero-order valence-corrected chi connectivity index (χ0v) is 24.3. The molecule has 0 atom stereocenters. The molecule has 0 unspecified atom stereocenters. The third-order valence-electron chi connectivity index (χ3n) is 6.22. The van der Waals surface area contributed by atoms with Crippen molar-refractivity contribution in [2.75, 3.05) is 18.3 Å². The maximum absolute atomic E-state index is 11.4. The molecule has 0 aliphatic carbocycles. The van der Waals surface area contributed by atoms with E-state index >= 15 is 0 Å². The van der Waals surface area contributed by atoms with Gasteiger partial charge in [-0.2, -0.15) is 5.26 Å².